The van der Waals surface area contributed by atoms with Gasteiger partial charge in [-0.1, -0.05) is 12.1 Å². The van der Waals surface area contributed by atoms with Gasteiger partial charge in [-0.2, -0.15) is 0 Å². The van der Waals surface area contributed by atoms with E-state index in [2.05, 4.69) is 26.7 Å². The van der Waals surface area contributed by atoms with Gasteiger partial charge in [0.1, 0.15) is 4.90 Å². The number of fused-ring (bicyclic) bond motifs is 1. The minimum absolute atomic E-state index is 0.354. The molecule has 0 spiro atoms. The van der Waals surface area contributed by atoms with E-state index >= 15 is 0 Å². The lowest BCUT2D eigenvalue weighted by Gasteiger charge is -2.20. The van der Waals surface area contributed by atoms with Crippen molar-refractivity contribution in [1.82, 2.24) is 0 Å². The molecule has 1 aliphatic carbocycles. The molecule has 0 amide bonds. The van der Waals surface area contributed by atoms with E-state index in [1.54, 1.807) is 6.07 Å². The summed E-state index contributed by atoms with van der Waals surface area (Å²) in [4.78, 5) is 1.15. The summed E-state index contributed by atoms with van der Waals surface area (Å²) >= 11 is 4.78. The van der Waals surface area contributed by atoms with Gasteiger partial charge >= 0.3 is 0 Å². The van der Waals surface area contributed by atoms with Crippen LogP contribution in [-0.4, -0.2) is 8.42 Å². The molecule has 0 atom stereocenters. The minimum Gasteiger partial charge on any atom is -0.279 e. The van der Waals surface area contributed by atoms with Crippen LogP contribution in [0.15, 0.2) is 32.9 Å². The average molecular weight is 386 g/mol. The Kier molecular flexibility index (Phi) is 4.12. The highest BCUT2D eigenvalue weighted by Crippen LogP contribution is 2.33. The molecular weight excluding hydrogens is 370 g/mol. The van der Waals surface area contributed by atoms with Gasteiger partial charge in [0.15, 0.2) is 0 Å². The molecule has 21 heavy (non-hydrogen) atoms. The Bertz CT molecular complexity index is 781. The molecule has 0 aliphatic heterocycles. The number of benzene rings is 1. The molecule has 6 heteroatoms. The molecule has 0 radical (unpaired) electrons. The van der Waals surface area contributed by atoms with Crippen molar-refractivity contribution in [2.75, 3.05) is 4.72 Å². The number of thiophene rings is 1. The lowest BCUT2D eigenvalue weighted by Crippen LogP contribution is -2.16. The molecule has 0 saturated carbocycles. The lowest BCUT2D eigenvalue weighted by atomic mass is 9.91. The van der Waals surface area contributed by atoms with Crippen LogP contribution in [0.1, 0.15) is 28.8 Å². The van der Waals surface area contributed by atoms with Gasteiger partial charge in [-0.25, -0.2) is 8.42 Å². The highest BCUT2D eigenvalue weighted by molar-refractivity contribution is 9.11. The summed E-state index contributed by atoms with van der Waals surface area (Å²) in [6.07, 6.45) is 4.28. The first kappa shape index (κ1) is 15.1. The minimum atomic E-state index is -3.53. The third kappa shape index (κ3) is 3.03. The molecule has 1 aliphatic rings. The number of anilines is 1. The van der Waals surface area contributed by atoms with Crippen molar-refractivity contribution in [2.45, 2.75) is 37.5 Å². The number of nitrogens with one attached hydrogen (secondary N) is 1. The van der Waals surface area contributed by atoms with Crippen molar-refractivity contribution in [3.05, 3.63) is 44.1 Å². The van der Waals surface area contributed by atoms with Gasteiger partial charge in [0.2, 0.25) is 0 Å². The number of rotatable bonds is 3. The second-order valence-electron chi connectivity index (χ2n) is 5.23. The maximum absolute atomic E-state index is 12.6. The van der Waals surface area contributed by atoms with Crippen molar-refractivity contribution in [3.63, 3.8) is 0 Å². The Morgan fingerprint density at radius 2 is 2.00 bits per heavy atom. The quantitative estimate of drug-likeness (QED) is 0.845. The second kappa shape index (κ2) is 5.74. The first-order chi connectivity index (χ1) is 9.97. The maximum Gasteiger partial charge on any atom is 0.263 e. The lowest BCUT2D eigenvalue weighted by molar-refractivity contribution is 0.601. The van der Waals surface area contributed by atoms with Crippen LogP contribution in [0.3, 0.4) is 0 Å². The van der Waals surface area contributed by atoms with Crippen LogP contribution in [0, 0.1) is 6.92 Å². The predicted octanol–water partition coefficient (Wildman–Crippen LogP) is 4.50. The van der Waals surface area contributed by atoms with E-state index in [-0.39, 0.29) is 0 Å². The van der Waals surface area contributed by atoms with E-state index in [0.717, 1.165) is 39.2 Å². The summed E-state index contributed by atoms with van der Waals surface area (Å²) in [5, 5.41) is 0. The van der Waals surface area contributed by atoms with Gasteiger partial charge in [0, 0.05) is 4.88 Å². The van der Waals surface area contributed by atoms with Gasteiger partial charge in [0.25, 0.3) is 10.0 Å². The molecule has 1 heterocycles. The summed E-state index contributed by atoms with van der Waals surface area (Å²) in [5.41, 5.74) is 3.15. The molecule has 0 saturated heterocycles. The molecular formula is C15H16BrNO2S2. The third-order valence-corrected chi connectivity index (χ3v) is 6.95. The predicted molar refractivity (Wildman–Crippen MR) is 90.6 cm³/mol. The fraction of sp³-hybridized carbons (Fsp3) is 0.333. The Morgan fingerprint density at radius 1 is 1.24 bits per heavy atom. The monoisotopic (exact) mass is 385 g/mol. The highest BCUT2D eigenvalue weighted by Gasteiger charge is 2.22. The fourth-order valence-electron chi connectivity index (χ4n) is 2.77. The summed E-state index contributed by atoms with van der Waals surface area (Å²) in [5.74, 6) is 0. The normalized spacial score (nSPS) is 14.8. The Labute approximate surface area is 137 Å². The van der Waals surface area contributed by atoms with Crippen LogP contribution in [-0.2, 0) is 22.9 Å². The van der Waals surface area contributed by atoms with Crippen LogP contribution in [0.2, 0.25) is 0 Å². The largest absolute Gasteiger partial charge is 0.279 e. The van der Waals surface area contributed by atoms with E-state index in [1.165, 1.54) is 23.3 Å². The molecule has 1 aromatic heterocycles. The third-order valence-electron chi connectivity index (χ3n) is 3.77. The Balaban J connectivity index is 1.98. The van der Waals surface area contributed by atoms with E-state index in [4.69, 9.17) is 0 Å². The first-order valence-corrected chi connectivity index (χ1v) is 9.96. The zero-order valence-corrected chi connectivity index (χ0v) is 14.9. The highest BCUT2D eigenvalue weighted by atomic mass is 79.9. The fourth-order valence-corrected chi connectivity index (χ4v) is 6.28. The van der Waals surface area contributed by atoms with Crippen molar-refractivity contribution in [1.29, 1.82) is 0 Å². The van der Waals surface area contributed by atoms with Crippen molar-refractivity contribution in [2.24, 2.45) is 0 Å². The van der Waals surface area contributed by atoms with Crippen LogP contribution in [0.25, 0.3) is 0 Å². The Morgan fingerprint density at radius 3 is 2.71 bits per heavy atom. The van der Waals surface area contributed by atoms with Gasteiger partial charge < -0.3 is 0 Å². The molecule has 0 unspecified atom stereocenters. The SMILES string of the molecule is Cc1sc(Br)cc1S(=O)(=O)Nc1cccc2c1CCCC2. The molecule has 112 valence electrons. The number of aryl methyl sites for hydroxylation is 2. The summed E-state index contributed by atoms with van der Waals surface area (Å²) in [6, 6.07) is 7.55. The maximum atomic E-state index is 12.6. The summed E-state index contributed by atoms with van der Waals surface area (Å²) < 4.78 is 28.8. The van der Waals surface area contributed by atoms with Crippen LogP contribution in [0.4, 0.5) is 5.69 Å². The molecule has 1 N–H and O–H groups in total. The first-order valence-electron chi connectivity index (χ1n) is 6.87. The average Bonchev–Trinajstić information content (AvgIpc) is 2.79. The summed E-state index contributed by atoms with van der Waals surface area (Å²) in [6.45, 7) is 1.82. The smallest absolute Gasteiger partial charge is 0.263 e. The standard InChI is InChI=1S/C15H16BrNO2S2/c1-10-14(9-15(16)20-10)21(18,19)17-13-8-4-6-11-5-2-3-7-12(11)13/h4,6,8-9,17H,2-3,5,7H2,1H3. The van der Waals surface area contributed by atoms with Gasteiger partial charge in [0.05, 0.1) is 9.47 Å². The van der Waals surface area contributed by atoms with Crippen molar-refractivity contribution < 1.29 is 8.42 Å². The van der Waals surface area contributed by atoms with E-state index in [9.17, 15) is 8.42 Å². The van der Waals surface area contributed by atoms with E-state index in [1.807, 2.05) is 19.1 Å². The van der Waals surface area contributed by atoms with Crippen LogP contribution < -0.4 is 4.72 Å². The number of hydrogen-bond donors (Lipinski definition) is 1. The molecule has 0 fully saturated rings. The topological polar surface area (TPSA) is 46.2 Å². The van der Waals surface area contributed by atoms with Gasteiger partial charge in [-0.3, -0.25) is 4.72 Å². The number of sulfonamides is 1. The zero-order chi connectivity index (χ0) is 15.0. The number of halogens is 1. The second-order valence-corrected chi connectivity index (χ2v) is 9.51. The molecule has 1 aromatic carbocycles. The van der Waals surface area contributed by atoms with Crippen LogP contribution >= 0.6 is 27.3 Å². The number of hydrogen-bond acceptors (Lipinski definition) is 3. The van der Waals surface area contributed by atoms with Gasteiger partial charge in [-0.05, 0) is 71.8 Å². The van der Waals surface area contributed by atoms with E-state index in [0.29, 0.717) is 4.90 Å². The molecule has 3 rings (SSSR count). The zero-order valence-electron chi connectivity index (χ0n) is 11.6. The van der Waals surface area contributed by atoms with E-state index < -0.39 is 10.0 Å². The molecule has 3 nitrogen and oxygen atoms in total. The van der Waals surface area contributed by atoms with Crippen molar-refractivity contribution in [3.8, 4) is 0 Å². The molecule has 2 aromatic rings. The summed E-state index contributed by atoms with van der Waals surface area (Å²) in [7, 11) is -3.53. The Hall–Kier alpha value is -0.850. The van der Waals surface area contributed by atoms with Crippen LogP contribution in [0.5, 0.6) is 0 Å². The van der Waals surface area contributed by atoms with Crippen molar-refractivity contribution >= 4 is 43.0 Å². The van der Waals surface area contributed by atoms with Gasteiger partial charge in [-0.15, -0.1) is 11.3 Å². The molecule has 0 bridgehead atoms.